The summed E-state index contributed by atoms with van der Waals surface area (Å²) in [5, 5.41) is 7.07. The first-order valence-electron chi connectivity index (χ1n) is 18.3. The molecular weight excluding hydrogens is 1130 g/mol. The Hall–Kier alpha value is -3.71. The number of rotatable bonds is 11. The first-order chi connectivity index (χ1) is 29.4. The number of allylic oxidation sites excluding steroid dienone is 1. The molecule has 334 valence electrons. The smallest absolute Gasteiger partial charge is 0.870 e. The van der Waals surface area contributed by atoms with Crippen molar-refractivity contribution in [3.05, 3.63) is 180 Å². The molecule has 0 aliphatic rings. The molecule has 0 atom stereocenters. The maximum atomic E-state index is 12.0. The Bertz CT molecular complexity index is 2560. The van der Waals surface area contributed by atoms with Crippen LogP contribution in [0.1, 0.15) is 28.9 Å². The molecule has 1 aromatic heterocycles. The fourth-order valence-corrected chi connectivity index (χ4v) is 6.61. The second kappa shape index (κ2) is 29.8. The Labute approximate surface area is 462 Å². The molecule has 0 spiro atoms. The molecule has 0 bridgehead atoms. The second-order valence-electron chi connectivity index (χ2n) is 12.8. The van der Waals surface area contributed by atoms with Crippen molar-refractivity contribution >= 4 is 93.8 Å². The number of hydrogen-bond donors (Lipinski definition) is 2. The minimum absolute atomic E-state index is 0. The minimum Gasteiger partial charge on any atom is -0.870 e. The zero-order chi connectivity index (χ0) is 43.9. The zero-order valence-corrected chi connectivity index (χ0v) is 45.6. The molecular formula is C49H46Br4ClKN4O6. The second-order valence-corrected chi connectivity index (χ2v) is 16.4. The number of ketones is 1. The van der Waals surface area contributed by atoms with Gasteiger partial charge in [-0.2, -0.15) is 0 Å². The van der Waals surface area contributed by atoms with Crippen LogP contribution >= 0.6 is 76.1 Å². The molecule has 7 aromatic rings. The third kappa shape index (κ3) is 17.8. The van der Waals surface area contributed by atoms with E-state index < -0.39 is 0 Å². The van der Waals surface area contributed by atoms with Gasteiger partial charge in [0.25, 0.3) is 0 Å². The summed E-state index contributed by atoms with van der Waals surface area (Å²) in [6.45, 7) is 0. The number of nitrogens with one attached hydrogen (secondary N) is 1. The van der Waals surface area contributed by atoms with Crippen LogP contribution in [0.25, 0.3) is 40.0 Å². The van der Waals surface area contributed by atoms with E-state index in [0.29, 0.717) is 34.4 Å². The number of nitrogens with two attached hydrogens (primary N) is 1. The molecule has 0 aliphatic carbocycles. The SMILES string of the molecule is C.COc1ccc(-c2cc(-c3ccc(Br)cc3)nc(-c3ccc(Br)cc3)n2)cc1OC.COc1ccc(/C=C/C(=O)c2ccc(Br)cc2)cc1OC.Cl.N=C(N)c1ccc(Br)cc1.[K+].[OH-]. The molecule has 6 aromatic carbocycles. The molecule has 0 amide bonds. The van der Waals surface area contributed by atoms with Crippen molar-refractivity contribution in [1.29, 1.82) is 5.41 Å². The van der Waals surface area contributed by atoms with Gasteiger partial charge in [0.15, 0.2) is 34.6 Å². The summed E-state index contributed by atoms with van der Waals surface area (Å²) in [5.74, 6) is 3.35. The Morgan fingerprint density at radius 2 is 0.923 bits per heavy atom. The number of methoxy groups -OCH3 is 4. The number of amidine groups is 1. The van der Waals surface area contributed by atoms with Crippen molar-refractivity contribution in [2.24, 2.45) is 5.73 Å². The van der Waals surface area contributed by atoms with Gasteiger partial charge in [0.1, 0.15) is 5.84 Å². The van der Waals surface area contributed by atoms with Crippen LogP contribution in [0.3, 0.4) is 0 Å². The van der Waals surface area contributed by atoms with Gasteiger partial charge >= 0.3 is 51.4 Å². The first kappa shape index (κ1) is 59.3. The molecule has 65 heavy (non-hydrogen) atoms. The van der Waals surface area contributed by atoms with Gasteiger partial charge in [-0.1, -0.05) is 120 Å². The average Bonchev–Trinajstić information content (AvgIpc) is 3.29. The van der Waals surface area contributed by atoms with E-state index in [0.717, 1.165) is 57.1 Å². The van der Waals surface area contributed by atoms with Crippen LogP contribution in [-0.4, -0.2) is 55.5 Å². The van der Waals surface area contributed by atoms with Gasteiger partial charge < -0.3 is 30.2 Å². The quantitative estimate of drug-likeness (QED) is 0.0423. The van der Waals surface area contributed by atoms with Gasteiger partial charge in [-0.15, -0.1) is 12.4 Å². The van der Waals surface area contributed by atoms with Crippen LogP contribution in [0.2, 0.25) is 0 Å². The number of carbonyl (C=O) groups excluding carboxylic acids is 1. The molecule has 7 rings (SSSR count). The van der Waals surface area contributed by atoms with E-state index in [9.17, 15) is 4.79 Å². The normalized spacial score (nSPS) is 9.78. The molecule has 0 saturated heterocycles. The summed E-state index contributed by atoms with van der Waals surface area (Å²) in [7, 11) is 6.42. The molecule has 0 unspecified atom stereocenters. The summed E-state index contributed by atoms with van der Waals surface area (Å²) in [5.41, 5.74) is 12.0. The fourth-order valence-electron chi connectivity index (χ4n) is 5.56. The average molecular weight is 1180 g/mol. The van der Waals surface area contributed by atoms with Crippen LogP contribution in [0, 0.1) is 5.41 Å². The van der Waals surface area contributed by atoms with Crippen LogP contribution in [0.4, 0.5) is 0 Å². The summed E-state index contributed by atoms with van der Waals surface area (Å²) in [4.78, 5) is 21.7. The summed E-state index contributed by atoms with van der Waals surface area (Å²) in [6.07, 6.45) is 3.30. The van der Waals surface area contributed by atoms with Gasteiger partial charge in [0.05, 0.1) is 39.8 Å². The maximum absolute atomic E-state index is 12.0. The van der Waals surface area contributed by atoms with Crippen LogP contribution in [-0.2, 0) is 0 Å². The third-order valence-corrected chi connectivity index (χ3v) is 10.9. The molecule has 4 N–H and O–H groups in total. The van der Waals surface area contributed by atoms with Gasteiger partial charge in [-0.05, 0) is 109 Å². The number of aromatic nitrogens is 2. The van der Waals surface area contributed by atoms with E-state index in [1.54, 1.807) is 64.9 Å². The Kier molecular flexibility index (Phi) is 27.2. The predicted molar refractivity (Wildman–Crippen MR) is 275 cm³/mol. The van der Waals surface area contributed by atoms with Crippen LogP contribution < -0.4 is 76.1 Å². The van der Waals surface area contributed by atoms with Crippen molar-refractivity contribution in [3.63, 3.8) is 0 Å². The standard InChI is InChI=1S/C24H18Br2N2O2.C17H15BrO3.C7H7BrN2.CH4.ClH.K.H2O/c1-29-22-12-7-17(13-23(22)30-2)21-14-20(15-3-8-18(25)9-4-15)27-24(28-21)16-5-10-19(26)11-6-16;1-20-16-10-4-12(11-17(16)21-2)3-9-15(19)13-5-7-14(18)8-6-13;8-6-3-1-5(2-4-6)7(9)10;;;;/h3-14H,1-2H3;3-11H,1-2H3;1-4H,(H3,9,10);1H4;1H;;1H2/q;;;;;+1;/p-1/b;9-3+;;;;;. The number of hydrogen-bond acceptors (Lipinski definition) is 9. The number of carbonyl (C=O) groups is 1. The Morgan fingerprint density at radius 1 is 0.538 bits per heavy atom. The monoisotopic (exact) mass is 1180 g/mol. The molecule has 16 heteroatoms. The van der Waals surface area contributed by atoms with Crippen molar-refractivity contribution in [2.75, 3.05) is 28.4 Å². The van der Waals surface area contributed by atoms with Gasteiger partial charge in [0, 0.05) is 45.7 Å². The van der Waals surface area contributed by atoms with Crippen LogP contribution in [0.15, 0.2) is 163 Å². The van der Waals surface area contributed by atoms with Gasteiger partial charge in [0.2, 0.25) is 0 Å². The molecule has 1 heterocycles. The molecule has 10 nitrogen and oxygen atoms in total. The zero-order valence-electron chi connectivity index (χ0n) is 35.3. The van der Waals surface area contributed by atoms with E-state index in [4.69, 9.17) is 40.1 Å². The summed E-state index contributed by atoms with van der Waals surface area (Å²) in [6, 6.07) is 43.9. The fraction of sp³-hybridized carbons (Fsp3) is 0.102. The predicted octanol–water partition coefficient (Wildman–Crippen LogP) is 11.0. The first-order valence-corrected chi connectivity index (χ1v) is 21.5. The topological polar surface area (TPSA) is 160 Å². The summed E-state index contributed by atoms with van der Waals surface area (Å²) < 4.78 is 25.2. The van der Waals surface area contributed by atoms with Crippen LogP contribution in [0.5, 0.6) is 23.0 Å². The summed E-state index contributed by atoms with van der Waals surface area (Å²) >= 11 is 13.6. The van der Waals surface area contributed by atoms with Crippen molar-refractivity contribution < 1.29 is 80.6 Å². The Balaban J connectivity index is 0.000000528. The third-order valence-electron chi connectivity index (χ3n) is 8.77. The van der Waals surface area contributed by atoms with Gasteiger partial charge in [-0.25, -0.2) is 9.97 Å². The number of nitrogen functional groups attached to an aromatic ring is 1. The van der Waals surface area contributed by atoms with Crippen molar-refractivity contribution in [1.82, 2.24) is 9.97 Å². The van der Waals surface area contributed by atoms with Gasteiger partial charge in [-0.3, -0.25) is 10.2 Å². The number of nitrogens with zero attached hydrogens (tertiary/aromatic N) is 2. The minimum atomic E-state index is -0.0442. The van der Waals surface area contributed by atoms with E-state index in [1.807, 2.05) is 115 Å². The van der Waals surface area contributed by atoms with Crippen molar-refractivity contribution in [2.45, 2.75) is 7.43 Å². The van der Waals surface area contributed by atoms with E-state index in [1.165, 1.54) is 0 Å². The van der Waals surface area contributed by atoms with E-state index in [-0.39, 0.29) is 88.3 Å². The van der Waals surface area contributed by atoms with E-state index in [2.05, 4.69) is 63.7 Å². The Morgan fingerprint density at radius 3 is 1.38 bits per heavy atom. The largest absolute Gasteiger partial charge is 1.00 e. The molecule has 0 fully saturated rings. The maximum Gasteiger partial charge on any atom is 1.00 e. The number of halogens is 5. The number of benzene rings is 6. The molecule has 0 aliphatic heterocycles. The number of ether oxygens (including phenoxy) is 4. The molecule has 0 saturated carbocycles. The molecule has 0 radical (unpaired) electrons. The van der Waals surface area contributed by atoms with E-state index >= 15 is 0 Å². The van der Waals surface area contributed by atoms with Crippen molar-refractivity contribution in [3.8, 4) is 56.9 Å².